The lowest BCUT2D eigenvalue weighted by atomic mass is 10.0. The summed E-state index contributed by atoms with van der Waals surface area (Å²) in [4.78, 5) is 3.94. The Morgan fingerprint density at radius 3 is 2.38 bits per heavy atom. The molecule has 82 valence electrons. The van der Waals surface area contributed by atoms with Crippen LogP contribution in [0.3, 0.4) is 0 Å². The van der Waals surface area contributed by atoms with E-state index in [1.54, 1.807) is 42.7 Å². The van der Waals surface area contributed by atoms with E-state index in [1.807, 2.05) is 0 Å². The molecule has 0 fully saturated rings. The van der Waals surface area contributed by atoms with Crippen molar-refractivity contribution in [3.05, 3.63) is 63.9 Å². The fraction of sp³-hybridized carbons (Fsp3) is 0.0833. The van der Waals surface area contributed by atoms with E-state index in [0.29, 0.717) is 15.6 Å². The molecule has 1 atom stereocenters. The van der Waals surface area contributed by atoms with E-state index >= 15 is 0 Å². The maximum atomic E-state index is 10.1. The SMILES string of the molecule is OC(c1ccc(Cl)cc1)c1cnccc1Cl. The lowest BCUT2D eigenvalue weighted by molar-refractivity contribution is 0.220. The normalized spacial score (nSPS) is 12.4. The Morgan fingerprint density at radius 2 is 1.75 bits per heavy atom. The molecule has 4 heteroatoms. The van der Waals surface area contributed by atoms with Crippen molar-refractivity contribution in [2.75, 3.05) is 0 Å². The average molecular weight is 254 g/mol. The fourth-order valence-electron chi connectivity index (χ4n) is 1.42. The van der Waals surface area contributed by atoms with Crippen LogP contribution in [0.15, 0.2) is 42.7 Å². The summed E-state index contributed by atoms with van der Waals surface area (Å²) < 4.78 is 0. The Labute approximate surface area is 103 Å². The quantitative estimate of drug-likeness (QED) is 0.890. The van der Waals surface area contributed by atoms with Gasteiger partial charge < -0.3 is 5.11 Å². The van der Waals surface area contributed by atoms with Crippen LogP contribution in [0.5, 0.6) is 0 Å². The minimum Gasteiger partial charge on any atom is -0.384 e. The molecule has 2 aromatic rings. The minimum absolute atomic E-state index is 0.498. The first-order chi connectivity index (χ1) is 7.68. The summed E-state index contributed by atoms with van der Waals surface area (Å²) >= 11 is 11.7. The Kier molecular flexibility index (Phi) is 3.44. The number of pyridine rings is 1. The Balaban J connectivity index is 2.35. The van der Waals surface area contributed by atoms with Crippen molar-refractivity contribution in [1.29, 1.82) is 0 Å². The van der Waals surface area contributed by atoms with Crippen molar-refractivity contribution < 1.29 is 5.11 Å². The molecule has 1 unspecified atom stereocenters. The second-order valence-electron chi connectivity index (χ2n) is 3.35. The van der Waals surface area contributed by atoms with Gasteiger partial charge in [-0.25, -0.2) is 0 Å². The zero-order valence-corrected chi connectivity index (χ0v) is 9.78. The van der Waals surface area contributed by atoms with Crippen molar-refractivity contribution >= 4 is 23.2 Å². The third-order valence-corrected chi connectivity index (χ3v) is 2.87. The number of aliphatic hydroxyl groups is 1. The molecular weight excluding hydrogens is 245 g/mol. The molecule has 0 aliphatic rings. The van der Waals surface area contributed by atoms with Gasteiger partial charge in [-0.2, -0.15) is 0 Å². The molecule has 1 N–H and O–H groups in total. The van der Waals surface area contributed by atoms with Crippen molar-refractivity contribution in [3.63, 3.8) is 0 Å². The molecule has 1 heterocycles. The van der Waals surface area contributed by atoms with Gasteiger partial charge in [-0.3, -0.25) is 4.98 Å². The zero-order valence-electron chi connectivity index (χ0n) is 8.27. The zero-order chi connectivity index (χ0) is 11.5. The number of hydrogen-bond acceptors (Lipinski definition) is 2. The van der Waals surface area contributed by atoms with Gasteiger partial charge in [0, 0.05) is 28.0 Å². The smallest absolute Gasteiger partial charge is 0.107 e. The van der Waals surface area contributed by atoms with Crippen molar-refractivity contribution in [2.45, 2.75) is 6.10 Å². The first-order valence-corrected chi connectivity index (χ1v) is 5.47. The third-order valence-electron chi connectivity index (χ3n) is 2.28. The van der Waals surface area contributed by atoms with Crippen molar-refractivity contribution in [3.8, 4) is 0 Å². The van der Waals surface area contributed by atoms with Crippen LogP contribution in [0, 0.1) is 0 Å². The second kappa shape index (κ2) is 4.83. The van der Waals surface area contributed by atoms with E-state index in [1.165, 1.54) is 0 Å². The second-order valence-corrected chi connectivity index (χ2v) is 4.19. The van der Waals surface area contributed by atoms with E-state index in [4.69, 9.17) is 23.2 Å². The molecule has 2 rings (SSSR count). The van der Waals surface area contributed by atoms with Gasteiger partial charge in [-0.1, -0.05) is 35.3 Å². The highest BCUT2D eigenvalue weighted by atomic mass is 35.5. The monoisotopic (exact) mass is 253 g/mol. The lowest BCUT2D eigenvalue weighted by Gasteiger charge is -2.12. The predicted octanol–water partition coefficient (Wildman–Crippen LogP) is 3.47. The predicted molar refractivity (Wildman–Crippen MR) is 64.8 cm³/mol. The van der Waals surface area contributed by atoms with Crippen molar-refractivity contribution in [2.24, 2.45) is 0 Å². The Hall–Kier alpha value is -1.09. The van der Waals surface area contributed by atoms with Gasteiger partial charge in [0.05, 0.1) is 0 Å². The van der Waals surface area contributed by atoms with Crippen LogP contribution in [0.2, 0.25) is 10.0 Å². The van der Waals surface area contributed by atoms with Crippen LogP contribution < -0.4 is 0 Å². The van der Waals surface area contributed by atoms with Crippen LogP contribution >= 0.6 is 23.2 Å². The van der Waals surface area contributed by atoms with Gasteiger partial charge in [0.25, 0.3) is 0 Å². The highest BCUT2D eigenvalue weighted by Crippen LogP contribution is 2.27. The van der Waals surface area contributed by atoms with E-state index in [9.17, 15) is 5.11 Å². The molecule has 16 heavy (non-hydrogen) atoms. The summed E-state index contributed by atoms with van der Waals surface area (Å²) in [6.45, 7) is 0. The van der Waals surface area contributed by atoms with Gasteiger partial charge in [0.15, 0.2) is 0 Å². The number of benzene rings is 1. The molecule has 0 aliphatic carbocycles. The Morgan fingerprint density at radius 1 is 1.06 bits per heavy atom. The molecule has 1 aromatic heterocycles. The van der Waals surface area contributed by atoms with Crippen LogP contribution in [0.4, 0.5) is 0 Å². The summed E-state index contributed by atoms with van der Waals surface area (Å²) in [5.74, 6) is 0. The van der Waals surface area contributed by atoms with Gasteiger partial charge in [-0.15, -0.1) is 0 Å². The molecule has 1 aromatic carbocycles. The van der Waals surface area contributed by atoms with Gasteiger partial charge in [0.2, 0.25) is 0 Å². The summed E-state index contributed by atoms with van der Waals surface area (Å²) in [6, 6.07) is 8.62. The molecule has 0 spiro atoms. The summed E-state index contributed by atoms with van der Waals surface area (Å²) in [5, 5.41) is 11.2. The summed E-state index contributed by atoms with van der Waals surface area (Å²) in [7, 11) is 0. The minimum atomic E-state index is -0.779. The summed E-state index contributed by atoms with van der Waals surface area (Å²) in [5.41, 5.74) is 1.32. The topological polar surface area (TPSA) is 33.1 Å². The molecule has 0 bridgehead atoms. The van der Waals surface area contributed by atoms with Crippen molar-refractivity contribution in [1.82, 2.24) is 4.98 Å². The van der Waals surface area contributed by atoms with E-state index in [-0.39, 0.29) is 0 Å². The van der Waals surface area contributed by atoms with E-state index in [0.717, 1.165) is 5.56 Å². The fourth-order valence-corrected chi connectivity index (χ4v) is 1.75. The van der Waals surface area contributed by atoms with Crippen LogP contribution in [-0.4, -0.2) is 10.1 Å². The number of rotatable bonds is 2. The number of hydrogen-bond donors (Lipinski definition) is 1. The lowest BCUT2D eigenvalue weighted by Crippen LogP contribution is -2.00. The first-order valence-electron chi connectivity index (χ1n) is 4.71. The standard InChI is InChI=1S/C12H9Cl2NO/c13-9-3-1-8(2-4-9)12(16)10-7-15-6-5-11(10)14/h1-7,12,16H. The number of nitrogens with zero attached hydrogens (tertiary/aromatic N) is 1. The third kappa shape index (κ3) is 2.35. The molecule has 0 radical (unpaired) electrons. The van der Waals surface area contributed by atoms with Crippen LogP contribution in [0.1, 0.15) is 17.2 Å². The van der Waals surface area contributed by atoms with Gasteiger partial charge >= 0.3 is 0 Å². The number of aromatic nitrogens is 1. The summed E-state index contributed by atoms with van der Waals surface area (Å²) in [6.07, 6.45) is 2.36. The number of aliphatic hydroxyl groups excluding tert-OH is 1. The highest BCUT2D eigenvalue weighted by Gasteiger charge is 2.13. The molecular formula is C12H9Cl2NO. The molecule has 0 saturated heterocycles. The molecule has 2 nitrogen and oxygen atoms in total. The largest absolute Gasteiger partial charge is 0.384 e. The van der Waals surface area contributed by atoms with Gasteiger partial charge in [-0.05, 0) is 23.8 Å². The molecule has 0 amide bonds. The first kappa shape index (κ1) is 11.4. The van der Waals surface area contributed by atoms with Crippen LogP contribution in [0.25, 0.3) is 0 Å². The van der Waals surface area contributed by atoms with E-state index in [2.05, 4.69) is 4.98 Å². The molecule has 0 saturated carbocycles. The maximum absolute atomic E-state index is 10.1. The Bertz CT molecular complexity index is 485. The number of halogens is 2. The average Bonchev–Trinajstić information content (AvgIpc) is 2.30. The maximum Gasteiger partial charge on any atom is 0.107 e. The van der Waals surface area contributed by atoms with Gasteiger partial charge in [0.1, 0.15) is 6.10 Å². The van der Waals surface area contributed by atoms with Crippen LogP contribution in [-0.2, 0) is 0 Å². The molecule has 0 aliphatic heterocycles. The van der Waals surface area contributed by atoms with E-state index < -0.39 is 6.10 Å². The highest BCUT2D eigenvalue weighted by molar-refractivity contribution is 6.31.